The Morgan fingerprint density at radius 2 is 2.06 bits per heavy atom. The van der Waals surface area contributed by atoms with Gasteiger partial charge in [-0.1, -0.05) is 60.3 Å². The fraction of sp³-hybridized carbons (Fsp3) is 0.429. The topological polar surface area (TPSA) is 0 Å². The molecule has 2 rings (SSSR count). The molecule has 2 heteroatoms. The second-order valence-corrected chi connectivity index (χ2v) is 6.17. The summed E-state index contributed by atoms with van der Waals surface area (Å²) in [4.78, 5) is 0.523. The highest BCUT2D eigenvalue weighted by molar-refractivity contribution is 9.09. The first-order valence-electron chi connectivity index (χ1n) is 5.93. The second kappa shape index (κ2) is 5.83. The standard InChI is InChI=1S/C14H17BrS/c1-2-3-4-8-13(15)12-10-16-14-9-6-5-7-11(12)14/h5-7,9-10,13H,2-4,8H2,1H3. The molecule has 0 saturated heterocycles. The summed E-state index contributed by atoms with van der Waals surface area (Å²) >= 11 is 5.67. The highest BCUT2D eigenvalue weighted by atomic mass is 79.9. The lowest BCUT2D eigenvalue weighted by Crippen LogP contribution is -1.88. The lowest BCUT2D eigenvalue weighted by Gasteiger charge is -2.08. The van der Waals surface area contributed by atoms with Crippen LogP contribution in [0.25, 0.3) is 10.1 Å². The molecule has 1 unspecified atom stereocenters. The summed E-state index contributed by atoms with van der Waals surface area (Å²) in [6, 6.07) is 8.68. The SMILES string of the molecule is CCCCCC(Br)c1csc2ccccc12. The predicted octanol–water partition coefficient (Wildman–Crippen LogP) is 5.92. The molecule has 0 amide bonds. The van der Waals surface area contributed by atoms with Crippen LogP contribution in [0.1, 0.15) is 43.0 Å². The van der Waals surface area contributed by atoms with Gasteiger partial charge in [-0.3, -0.25) is 0 Å². The molecule has 0 radical (unpaired) electrons. The third-order valence-electron chi connectivity index (χ3n) is 2.91. The van der Waals surface area contributed by atoms with E-state index in [4.69, 9.17) is 0 Å². The average molecular weight is 297 g/mol. The van der Waals surface area contributed by atoms with Crippen LogP contribution in [0.3, 0.4) is 0 Å². The van der Waals surface area contributed by atoms with Crippen molar-refractivity contribution in [2.75, 3.05) is 0 Å². The predicted molar refractivity (Wildman–Crippen MR) is 77.6 cm³/mol. The molecule has 0 spiro atoms. The van der Waals surface area contributed by atoms with Gasteiger partial charge in [-0.05, 0) is 28.8 Å². The fourth-order valence-corrected chi connectivity index (χ4v) is 3.86. The van der Waals surface area contributed by atoms with Crippen molar-refractivity contribution in [1.82, 2.24) is 0 Å². The van der Waals surface area contributed by atoms with Gasteiger partial charge in [0.05, 0.1) is 0 Å². The highest BCUT2D eigenvalue weighted by Crippen LogP contribution is 2.37. The summed E-state index contributed by atoms with van der Waals surface area (Å²) in [6.07, 6.45) is 5.19. The number of rotatable bonds is 5. The van der Waals surface area contributed by atoms with Gasteiger partial charge in [0, 0.05) is 9.53 Å². The largest absolute Gasteiger partial charge is 0.143 e. The van der Waals surface area contributed by atoms with E-state index >= 15 is 0 Å². The normalized spacial score (nSPS) is 13.1. The van der Waals surface area contributed by atoms with Crippen LogP contribution in [0.15, 0.2) is 29.6 Å². The molecule has 1 aromatic heterocycles. The van der Waals surface area contributed by atoms with Crippen molar-refractivity contribution in [3.05, 3.63) is 35.2 Å². The summed E-state index contributed by atoms with van der Waals surface area (Å²) in [5.74, 6) is 0. The molecule has 1 aromatic carbocycles. The lowest BCUT2D eigenvalue weighted by molar-refractivity contribution is 0.666. The zero-order valence-electron chi connectivity index (χ0n) is 9.58. The Morgan fingerprint density at radius 1 is 1.25 bits per heavy atom. The van der Waals surface area contributed by atoms with Crippen LogP contribution in [-0.2, 0) is 0 Å². The summed E-state index contributed by atoms with van der Waals surface area (Å²) in [5, 5.41) is 3.72. The van der Waals surface area contributed by atoms with Crippen LogP contribution in [0.2, 0.25) is 0 Å². The van der Waals surface area contributed by atoms with Gasteiger partial charge in [-0.15, -0.1) is 11.3 Å². The van der Waals surface area contributed by atoms with Crippen molar-refractivity contribution in [1.29, 1.82) is 0 Å². The molecule has 0 saturated carbocycles. The first-order valence-corrected chi connectivity index (χ1v) is 7.72. The van der Waals surface area contributed by atoms with Crippen molar-refractivity contribution >= 4 is 37.4 Å². The van der Waals surface area contributed by atoms with Crippen LogP contribution in [0.5, 0.6) is 0 Å². The minimum atomic E-state index is 0.523. The molecule has 0 N–H and O–H groups in total. The summed E-state index contributed by atoms with van der Waals surface area (Å²) in [7, 11) is 0. The molecule has 0 aliphatic heterocycles. The first kappa shape index (κ1) is 12.1. The maximum atomic E-state index is 3.82. The number of fused-ring (bicyclic) bond motifs is 1. The van der Waals surface area contributed by atoms with E-state index in [0.717, 1.165) is 0 Å². The number of unbranched alkanes of at least 4 members (excludes halogenated alkanes) is 2. The van der Waals surface area contributed by atoms with E-state index < -0.39 is 0 Å². The molecular formula is C14H17BrS. The summed E-state index contributed by atoms with van der Waals surface area (Å²) < 4.78 is 1.40. The van der Waals surface area contributed by atoms with E-state index in [1.165, 1.54) is 41.3 Å². The van der Waals surface area contributed by atoms with Gasteiger partial charge in [-0.25, -0.2) is 0 Å². The van der Waals surface area contributed by atoms with Crippen LogP contribution >= 0.6 is 27.3 Å². The van der Waals surface area contributed by atoms with E-state index in [0.29, 0.717) is 4.83 Å². The Morgan fingerprint density at radius 3 is 2.88 bits per heavy atom. The molecule has 0 nitrogen and oxygen atoms in total. The van der Waals surface area contributed by atoms with E-state index in [2.05, 4.69) is 52.5 Å². The van der Waals surface area contributed by atoms with E-state index in [1.54, 1.807) is 0 Å². The van der Waals surface area contributed by atoms with Crippen molar-refractivity contribution in [3.63, 3.8) is 0 Å². The molecule has 0 aliphatic carbocycles. The average Bonchev–Trinajstić information content (AvgIpc) is 2.73. The summed E-state index contributed by atoms with van der Waals surface area (Å²) in [6.45, 7) is 2.25. The lowest BCUT2D eigenvalue weighted by atomic mass is 10.1. The Balaban J connectivity index is 2.13. The maximum Gasteiger partial charge on any atom is 0.0409 e. The molecule has 0 bridgehead atoms. The third kappa shape index (κ3) is 2.67. The van der Waals surface area contributed by atoms with Gasteiger partial charge >= 0.3 is 0 Å². The van der Waals surface area contributed by atoms with Gasteiger partial charge in [-0.2, -0.15) is 0 Å². The maximum absolute atomic E-state index is 3.82. The highest BCUT2D eigenvalue weighted by Gasteiger charge is 2.11. The number of halogens is 1. The van der Waals surface area contributed by atoms with Crippen molar-refractivity contribution in [2.24, 2.45) is 0 Å². The Hall–Kier alpha value is -0.340. The number of hydrogen-bond acceptors (Lipinski definition) is 1. The molecular weight excluding hydrogens is 280 g/mol. The van der Waals surface area contributed by atoms with Crippen molar-refractivity contribution < 1.29 is 0 Å². The third-order valence-corrected chi connectivity index (χ3v) is 4.84. The smallest absolute Gasteiger partial charge is 0.0409 e. The van der Waals surface area contributed by atoms with Gasteiger partial charge in [0.1, 0.15) is 0 Å². The van der Waals surface area contributed by atoms with Gasteiger partial charge in [0.15, 0.2) is 0 Å². The summed E-state index contributed by atoms with van der Waals surface area (Å²) in [5.41, 5.74) is 1.47. The molecule has 86 valence electrons. The number of hydrogen-bond donors (Lipinski definition) is 0. The number of thiophene rings is 1. The van der Waals surface area contributed by atoms with Gasteiger partial charge < -0.3 is 0 Å². The number of alkyl halides is 1. The molecule has 0 fully saturated rings. The zero-order chi connectivity index (χ0) is 11.4. The zero-order valence-corrected chi connectivity index (χ0v) is 12.0. The number of benzene rings is 1. The minimum absolute atomic E-state index is 0.523. The van der Waals surface area contributed by atoms with Gasteiger partial charge in [0.25, 0.3) is 0 Å². The second-order valence-electron chi connectivity index (χ2n) is 4.15. The molecule has 16 heavy (non-hydrogen) atoms. The van der Waals surface area contributed by atoms with E-state index in [1.807, 2.05) is 11.3 Å². The quantitative estimate of drug-likeness (QED) is 0.475. The Bertz CT molecular complexity index is 447. The fourth-order valence-electron chi connectivity index (χ4n) is 1.97. The molecule has 0 aliphatic rings. The van der Waals surface area contributed by atoms with Crippen LogP contribution < -0.4 is 0 Å². The Kier molecular flexibility index (Phi) is 4.42. The Labute approximate surface area is 110 Å². The van der Waals surface area contributed by atoms with Gasteiger partial charge in [0.2, 0.25) is 0 Å². The first-order chi connectivity index (χ1) is 7.83. The van der Waals surface area contributed by atoms with Crippen LogP contribution in [-0.4, -0.2) is 0 Å². The van der Waals surface area contributed by atoms with E-state index in [-0.39, 0.29) is 0 Å². The monoisotopic (exact) mass is 296 g/mol. The van der Waals surface area contributed by atoms with Crippen molar-refractivity contribution in [3.8, 4) is 0 Å². The molecule has 1 heterocycles. The van der Waals surface area contributed by atoms with Crippen LogP contribution in [0, 0.1) is 0 Å². The van der Waals surface area contributed by atoms with Crippen molar-refractivity contribution in [2.45, 2.75) is 37.4 Å². The minimum Gasteiger partial charge on any atom is -0.143 e. The van der Waals surface area contributed by atoms with Crippen LogP contribution in [0.4, 0.5) is 0 Å². The molecule has 2 aromatic rings. The van der Waals surface area contributed by atoms with E-state index in [9.17, 15) is 0 Å². The molecule has 1 atom stereocenters.